The summed E-state index contributed by atoms with van der Waals surface area (Å²) in [5.74, 6) is 2.09. The highest BCUT2D eigenvalue weighted by Crippen LogP contribution is 2.15. The highest BCUT2D eigenvalue weighted by Gasteiger charge is 2.25. The Bertz CT molecular complexity index is 787. The molecule has 0 spiro atoms. The van der Waals surface area contributed by atoms with Gasteiger partial charge in [-0.3, -0.25) is 4.79 Å². The van der Waals surface area contributed by atoms with Gasteiger partial charge in [-0.2, -0.15) is 0 Å². The average Bonchev–Trinajstić information content (AvgIpc) is 3.26. The number of hydrogen-bond donors (Lipinski definition) is 1. The van der Waals surface area contributed by atoms with Gasteiger partial charge < -0.3 is 24.3 Å². The van der Waals surface area contributed by atoms with Crippen LogP contribution in [0.4, 0.5) is 0 Å². The van der Waals surface area contributed by atoms with E-state index in [1.807, 2.05) is 36.1 Å². The van der Waals surface area contributed by atoms with Crippen LogP contribution < -0.4 is 10.1 Å². The van der Waals surface area contributed by atoms with Crippen LogP contribution in [-0.2, 0) is 0 Å². The molecule has 1 N–H and O–H groups in total. The van der Waals surface area contributed by atoms with E-state index in [0.29, 0.717) is 32.0 Å². The van der Waals surface area contributed by atoms with E-state index in [0.717, 1.165) is 36.9 Å². The number of rotatable bonds is 6. The predicted octanol–water partition coefficient (Wildman–Crippen LogP) is 3.01. The lowest BCUT2D eigenvalue weighted by Gasteiger charge is -2.36. The van der Waals surface area contributed by atoms with Crippen molar-refractivity contribution in [3.05, 3.63) is 54.0 Å². The summed E-state index contributed by atoms with van der Waals surface area (Å²) in [6.07, 6.45) is 1.53. The van der Waals surface area contributed by atoms with Gasteiger partial charge in [0.15, 0.2) is 11.7 Å². The largest absolute Gasteiger partial charge is 0.491 e. The number of halogens is 1. The number of para-hydroxylation sites is 1. The fourth-order valence-corrected chi connectivity index (χ4v) is 3.13. The van der Waals surface area contributed by atoms with Gasteiger partial charge in [0.25, 0.3) is 5.91 Å². The minimum atomic E-state index is -0.0572. The maximum atomic E-state index is 12.4. The zero-order chi connectivity index (χ0) is 19.8. The molecular formula is C21H29IN4O3. The second-order valence-electron chi connectivity index (χ2n) is 6.61. The SMILES string of the molecule is CCNC(=NCCOc1ccccc1C)N1CCN(C(=O)c2ccco2)CC1.I. The van der Waals surface area contributed by atoms with Crippen LogP contribution in [0.1, 0.15) is 23.0 Å². The molecule has 1 amide bonds. The summed E-state index contributed by atoms with van der Waals surface area (Å²) in [7, 11) is 0. The van der Waals surface area contributed by atoms with Gasteiger partial charge in [-0.05, 0) is 37.6 Å². The molecule has 1 aliphatic heterocycles. The summed E-state index contributed by atoms with van der Waals surface area (Å²) in [4.78, 5) is 21.1. The average molecular weight is 512 g/mol. The lowest BCUT2D eigenvalue weighted by Crippen LogP contribution is -2.53. The first-order valence-corrected chi connectivity index (χ1v) is 9.73. The quantitative estimate of drug-likeness (QED) is 0.279. The molecule has 1 aromatic heterocycles. The van der Waals surface area contributed by atoms with E-state index >= 15 is 0 Å². The van der Waals surface area contributed by atoms with Crippen LogP contribution in [0.2, 0.25) is 0 Å². The Morgan fingerprint density at radius 1 is 1.14 bits per heavy atom. The normalized spacial score (nSPS) is 14.3. The number of nitrogens with zero attached hydrogens (tertiary/aromatic N) is 3. The van der Waals surface area contributed by atoms with Crippen molar-refractivity contribution in [1.82, 2.24) is 15.1 Å². The van der Waals surface area contributed by atoms with Crippen molar-refractivity contribution in [3.8, 4) is 5.75 Å². The van der Waals surface area contributed by atoms with Gasteiger partial charge in [0.1, 0.15) is 12.4 Å². The molecule has 0 unspecified atom stereocenters. The molecule has 2 aromatic rings. The molecular weight excluding hydrogens is 483 g/mol. The molecule has 0 radical (unpaired) electrons. The maximum absolute atomic E-state index is 12.4. The molecule has 8 heteroatoms. The predicted molar refractivity (Wildman–Crippen MR) is 124 cm³/mol. The van der Waals surface area contributed by atoms with Crippen LogP contribution >= 0.6 is 24.0 Å². The molecule has 2 heterocycles. The highest BCUT2D eigenvalue weighted by molar-refractivity contribution is 14.0. The molecule has 1 fully saturated rings. The third kappa shape index (κ3) is 6.38. The Balaban J connectivity index is 0.00000300. The molecule has 0 bridgehead atoms. The summed E-state index contributed by atoms with van der Waals surface area (Å²) in [6.45, 7) is 8.73. The van der Waals surface area contributed by atoms with Gasteiger partial charge in [0, 0.05) is 32.7 Å². The number of piperazine rings is 1. The van der Waals surface area contributed by atoms with Crippen molar-refractivity contribution < 1.29 is 13.9 Å². The maximum Gasteiger partial charge on any atom is 0.289 e. The molecule has 1 aromatic carbocycles. The molecule has 0 aliphatic carbocycles. The number of ether oxygens (including phenoxy) is 1. The number of furan rings is 1. The van der Waals surface area contributed by atoms with Crippen LogP contribution in [0, 0.1) is 6.92 Å². The summed E-state index contributed by atoms with van der Waals surface area (Å²) in [6, 6.07) is 11.4. The van der Waals surface area contributed by atoms with E-state index in [4.69, 9.17) is 9.15 Å². The van der Waals surface area contributed by atoms with Gasteiger partial charge in [-0.25, -0.2) is 4.99 Å². The first kappa shape index (κ1) is 23.1. The number of hydrogen-bond acceptors (Lipinski definition) is 4. The molecule has 1 saturated heterocycles. The van der Waals surface area contributed by atoms with Crippen LogP contribution in [0.25, 0.3) is 0 Å². The molecule has 0 atom stereocenters. The third-order valence-corrected chi connectivity index (χ3v) is 4.64. The highest BCUT2D eigenvalue weighted by atomic mass is 127. The van der Waals surface area contributed by atoms with Gasteiger partial charge in [0.2, 0.25) is 0 Å². The number of guanidine groups is 1. The topological polar surface area (TPSA) is 70.3 Å². The van der Waals surface area contributed by atoms with Gasteiger partial charge in [0.05, 0.1) is 12.8 Å². The van der Waals surface area contributed by atoms with E-state index in [1.165, 1.54) is 6.26 Å². The Kier molecular flexibility index (Phi) is 9.30. The summed E-state index contributed by atoms with van der Waals surface area (Å²) < 4.78 is 11.0. The van der Waals surface area contributed by atoms with Crippen molar-refractivity contribution >= 4 is 35.8 Å². The van der Waals surface area contributed by atoms with Crippen molar-refractivity contribution in [2.45, 2.75) is 13.8 Å². The molecule has 29 heavy (non-hydrogen) atoms. The third-order valence-electron chi connectivity index (χ3n) is 4.64. The monoisotopic (exact) mass is 512 g/mol. The number of aliphatic imine (C=N–C) groups is 1. The van der Waals surface area contributed by atoms with Crippen molar-refractivity contribution in [2.75, 3.05) is 45.9 Å². The summed E-state index contributed by atoms with van der Waals surface area (Å²) in [5, 5.41) is 3.33. The summed E-state index contributed by atoms with van der Waals surface area (Å²) >= 11 is 0. The Morgan fingerprint density at radius 3 is 2.52 bits per heavy atom. The molecule has 3 rings (SSSR count). The van der Waals surface area contributed by atoms with E-state index < -0.39 is 0 Å². The van der Waals surface area contributed by atoms with E-state index in [1.54, 1.807) is 12.1 Å². The fraction of sp³-hybridized carbons (Fsp3) is 0.429. The molecule has 158 valence electrons. The molecule has 0 saturated carbocycles. The van der Waals surface area contributed by atoms with Crippen molar-refractivity contribution in [1.29, 1.82) is 0 Å². The second kappa shape index (κ2) is 11.7. The fourth-order valence-electron chi connectivity index (χ4n) is 3.13. The Hall–Kier alpha value is -2.23. The molecule has 7 nitrogen and oxygen atoms in total. The Morgan fingerprint density at radius 2 is 1.86 bits per heavy atom. The molecule has 1 aliphatic rings. The van der Waals surface area contributed by atoms with Crippen LogP contribution in [-0.4, -0.2) is 67.5 Å². The zero-order valence-electron chi connectivity index (χ0n) is 17.0. The van der Waals surface area contributed by atoms with Gasteiger partial charge in [-0.1, -0.05) is 18.2 Å². The first-order valence-electron chi connectivity index (χ1n) is 9.73. The van der Waals surface area contributed by atoms with Crippen molar-refractivity contribution in [2.24, 2.45) is 4.99 Å². The smallest absolute Gasteiger partial charge is 0.289 e. The number of amides is 1. The number of benzene rings is 1. The van der Waals surface area contributed by atoms with E-state index in [9.17, 15) is 4.79 Å². The minimum Gasteiger partial charge on any atom is -0.491 e. The lowest BCUT2D eigenvalue weighted by atomic mass is 10.2. The van der Waals surface area contributed by atoms with Crippen LogP contribution in [0.5, 0.6) is 5.75 Å². The van der Waals surface area contributed by atoms with Crippen LogP contribution in [0.3, 0.4) is 0 Å². The van der Waals surface area contributed by atoms with Crippen molar-refractivity contribution in [3.63, 3.8) is 0 Å². The first-order chi connectivity index (χ1) is 13.7. The van der Waals surface area contributed by atoms with Gasteiger partial charge >= 0.3 is 0 Å². The van der Waals surface area contributed by atoms with Crippen LogP contribution in [0.15, 0.2) is 52.1 Å². The summed E-state index contributed by atoms with van der Waals surface area (Å²) in [5.41, 5.74) is 1.12. The standard InChI is InChI=1S/C21H28N4O3.HI/c1-3-22-21(23-10-16-28-18-8-5-4-7-17(18)2)25-13-11-24(12-14-25)20(26)19-9-6-15-27-19;/h4-9,15H,3,10-14,16H2,1-2H3,(H,22,23);1H. The van der Waals surface area contributed by atoms with E-state index in [-0.39, 0.29) is 29.9 Å². The number of carbonyl (C=O) groups excluding carboxylic acids is 1. The minimum absolute atomic E-state index is 0. The number of aryl methyl sites for hydroxylation is 1. The Labute approximate surface area is 189 Å². The zero-order valence-corrected chi connectivity index (χ0v) is 19.3. The number of nitrogens with one attached hydrogen (secondary N) is 1. The lowest BCUT2D eigenvalue weighted by molar-refractivity contribution is 0.0657. The number of carbonyl (C=O) groups is 1. The second-order valence-corrected chi connectivity index (χ2v) is 6.61. The van der Waals surface area contributed by atoms with E-state index in [2.05, 4.69) is 22.1 Å². The van der Waals surface area contributed by atoms with Gasteiger partial charge in [-0.15, -0.1) is 24.0 Å².